The Morgan fingerprint density at radius 2 is 2.14 bits per heavy atom. The molecule has 0 aliphatic rings. The Labute approximate surface area is 140 Å². The largest absolute Gasteiger partial charge is 0.476 e. The summed E-state index contributed by atoms with van der Waals surface area (Å²) in [5.41, 5.74) is 9.69. The number of thiophene rings is 1. The smallest absolute Gasteiger partial charge is 0.356 e. The van der Waals surface area contributed by atoms with Crippen LogP contribution in [0.25, 0.3) is 10.4 Å². The summed E-state index contributed by atoms with van der Waals surface area (Å²) < 4.78 is 0. The van der Waals surface area contributed by atoms with Gasteiger partial charge >= 0.3 is 5.97 Å². The number of hydrogen-bond acceptors (Lipinski definition) is 6. The van der Waals surface area contributed by atoms with Crippen LogP contribution in [0.1, 0.15) is 5.56 Å². The van der Waals surface area contributed by atoms with Gasteiger partial charge in [0.2, 0.25) is 0 Å². The van der Waals surface area contributed by atoms with Gasteiger partial charge in [0.15, 0.2) is 5.70 Å². The molecule has 2 aromatic rings. The van der Waals surface area contributed by atoms with E-state index in [1.807, 2.05) is 36.6 Å². The minimum absolute atomic E-state index is 0.103. The van der Waals surface area contributed by atoms with Gasteiger partial charge in [-0.15, -0.1) is 11.3 Å². The summed E-state index contributed by atoms with van der Waals surface area (Å²) in [6, 6.07) is 7.75. The van der Waals surface area contributed by atoms with Gasteiger partial charge in [-0.2, -0.15) is 0 Å². The number of halogens is 1. The summed E-state index contributed by atoms with van der Waals surface area (Å²) in [6.07, 6.45) is 0. The van der Waals surface area contributed by atoms with Crippen LogP contribution >= 0.6 is 34.7 Å². The first-order valence-electron chi connectivity index (χ1n) is 6.15. The fourth-order valence-corrected chi connectivity index (χ4v) is 3.72. The Balaban J connectivity index is 2.25. The Hall–Kier alpha value is -1.67. The predicted molar refractivity (Wildman–Crippen MR) is 91.5 cm³/mol. The molecule has 5 nitrogen and oxygen atoms in total. The van der Waals surface area contributed by atoms with Crippen molar-refractivity contribution in [2.45, 2.75) is 11.8 Å². The summed E-state index contributed by atoms with van der Waals surface area (Å²) in [6.45, 7) is 1.95. The van der Waals surface area contributed by atoms with Crippen LogP contribution in [0.4, 0.5) is 0 Å². The van der Waals surface area contributed by atoms with Crippen molar-refractivity contribution in [3.05, 3.63) is 51.0 Å². The standard InChI is InChI=1S/C14H14ClN3O2S2/c1-7-4-8(2-3-10(7)15)11-5-9(6-21-11)22-13(16)12(18-17)14(19)20/h2-6,18H,16-17H2,1H3,(H,19,20)/b13-12+. The third-order valence-corrected chi connectivity index (χ3v) is 5.30. The van der Waals surface area contributed by atoms with Gasteiger partial charge in [-0.25, -0.2) is 4.79 Å². The molecule has 8 heteroatoms. The minimum Gasteiger partial charge on any atom is -0.476 e. The lowest BCUT2D eigenvalue weighted by molar-refractivity contribution is -0.133. The molecule has 0 spiro atoms. The van der Waals surface area contributed by atoms with Gasteiger partial charge in [0.1, 0.15) is 5.03 Å². The van der Waals surface area contributed by atoms with E-state index in [9.17, 15) is 4.79 Å². The quantitative estimate of drug-likeness (QED) is 0.284. The molecule has 0 atom stereocenters. The Morgan fingerprint density at radius 3 is 2.73 bits per heavy atom. The molecule has 1 aromatic heterocycles. The predicted octanol–water partition coefficient (Wildman–Crippen LogP) is 3.14. The Morgan fingerprint density at radius 1 is 1.41 bits per heavy atom. The average Bonchev–Trinajstić information content (AvgIpc) is 2.90. The zero-order chi connectivity index (χ0) is 16.3. The maximum Gasteiger partial charge on any atom is 0.356 e. The van der Waals surface area contributed by atoms with Crippen LogP contribution in [-0.2, 0) is 4.79 Å². The molecular weight excluding hydrogens is 342 g/mol. The molecule has 0 fully saturated rings. The summed E-state index contributed by atoms with van der Waals surface area (Å²) in [7, 11) is 0. The number of carbonyl (C=O) groups is 1. The lowest BCUT2D eigenvalue weighted by atomic mass is 10.1. The van der Waals surface area contributed by atoms with Crippen LogP contribution in [0.2, 0.25) is 5.02 Å². The lowest BCUT2D eigenvalue weighted by Gasteiger charge is -2.05. The highest BCUT2D eigenvalue weighted by Gasteiger charge is 2.13. The van der Waals surface area contributed by atoms with Gasteiger partial charge in [-0.05, 0) is 36.2 Å². The molecule has 0 aliphatic carbocycles. The molecular formula is C14H14ClN3O2S2. The molecule has 6 N–H and O–H groups in total. The molecule has 0 amide bonds. The van der Waals surface area contributed by atoms with E-state index in [-0.39, 0.29) is 10.7 Å². The van der Waals surface area contributed by atoms with Gasteiger partial charge in [0.25, 0.3) is 0 Å². The van der Waals surface area contributed by atoms with E-state index < -0.39 is 5.97 Å². The van der Waals surface area contributed by atoms with Crippen LogP contribution in [0, 0.1) is 6.92 Å². The molecule has 0 radical (unpaired) electrons. The average molecular weight is 356 g/mol. The lowest BCUT2D eigenvalue weighted by Crippen LogP contribution is -2.29. The van der Waals surface area contributed by atoms with Crippen molar-refractivity contribution < 1.29 is 9.90 Å². The summed E-state index contributed by atoms with van der Waals surface area (Å²) in [5.74, 6) is 3.97. The Kier molecular flexibility index (Phi) is 5.36. The second-order valence-electron chi connectivity index (χ2n) is 4.40. The number of carboxylic acid groups (broad SMARTS) is 1. The molecule has 0 saturated heterocycles. The zero-order valence-corrected chi connectivity index (χ0v) is 14.0. The highest BCUT2D eigenvalue weighted by molar-refractivity contribution is 8.03. The van der Waals surface area contributed by atoms with E-state index in [2.05, 4.69) is 5.43 Å². The van der Waals surface area contributed by atoms with Crippen molar-refractivity contribution in [2.75, 3.05) is 0 Å². The number of rotatable bonds is 5. The van der Waals surface area contributed by atoms with Crippen LogP contribution in [0.5, 0.6) is 0 Å². The first-order chi connectivity index (χ1) is 10.4. The molecule has 0 aliphatic heterocycles. The highest BCUT2D eigenvalue weighted by atomic mass is 35.5. The molecule has 1 heterocycles. The molecule has 2 rings (SSSR count). The molecule has 116 valence electrons. The number of benzene rings is 1. The van der Waals surface area contributed by atoms with Gasteiger partial charge in [0, 0.05) is 20.2 Å². The highest BCUT2D eigenvalue weighted by Crippen LogP contribution is 2.35. The van der Waals surface area contributed by atoms with Crippen molar-refractivity contribution in [3.63, 3.8) is 0 Å². The van der Waals surface area contributed by atoms with E-state index in [0.717, 1.165) is 37.7 Å². The van der Waals surface area contributed by atoms with Gasteiger partial charge in [0.05, 0.1) is 0 Å². The number of hydrazine groups is 1. The molecule has 0 bridgehead atoms. The third kappa shape index (κ3) is 3.75. The van der Waals surface area contributed by atoms with E-state index >= 15 is 0 Å². The summed E-state index contributed by atoms with van der Waals surface area (Å²) in [4.78, 5) is 12.8. The first-order valence-corrected chi connectivity index (χ1v) is 8.22. The van der Waals surface area contributed by atoms with Gasteiger partial charge < -0.3 is 16.3 Å². The Bertz CT molecular complexity index is 743. The maximum absolute atomic E-state index is 11.0. The zero-order valence-electron chi connectivity index (χ0n) is 11.6. The molecule has 0 saturated carbocycles. The van der Waals surface area contributed by atoms with E-state index in [1.54, 1.807) is 11.3 Å². The number of nitrogens with one attached hydrogen (secondary N) is 1. The molecule has 22 heavy (non-hydrogen) atoms. The van der Waals surface area contributed by atoms with Crippen LogP contribution < -0.4 is 17.0 Å². The van der Waals surface area contributed by atoms with E-state index in [1.165, 1.54) is 0 Å². The number of carboxylic acids is 1. The maximum atomic E-state index is 11.0. The van der Waals surface area contributed by atoms with E-state index in [4.69, 9.17) is 28.3 Å². The SMILES string of the molecule is Cc1cc(-c2cc(S/C(N)=C(/NN)C(=O)O)cs2)ccc1Cl. The summed E-state index contributed by atoms with van der Waals surface area (Å²) in [5, 5.41) is 11.7. The monoisotopic (exact) mass is 355 g/mol. The van der Waals surface area contributed by atoms with Gasteiger partial charge in [-0.1, -0.05) is 29.4 Å². The number of thioether (sulfide) groups is 1. The number of aliphatic carboxylic acids is 1. The molecule has 1 aromatic carbocycles. The third-order valence-electron chi connectivity index (χ3n) is 2.85. The topological polar surface area (TPSA) is 101 Å². The van der Waals surface area contributed by atoms with Crippen molar-refractivity contribution in [1.82, 2.24) is 5.43 Å². The second kappa shape index (κ2) is 7.06. The molecule has 0 unspecified atom stereocenters. The normalized spacial score (nSPS) is 12.0. The number of hydrogen-bond donors (Lipinski definition) is 4. The van der Waals surface area contributed by atoms with Crippen molar-refractivity contribution >= 4 is 40.7 Å². The fraction of sp³-hybridized carbons (Fsp3) is 0.0714. The van der Waals surface area contributed by atoms with Crippen molar-refractivity contribution in [1.29, 1.82) is 0 Å². The van der Waals surface area contributed by atoms with Crippen LogP contribution in [0.3, 0.4) is 0 Å². The van der Waals surface area contributed by atoms with Crippen LogP contribution in [0.15, 0.2) is 45.3 Å². The van der Waals surface area contributed by atoms with Gasteiger partial charge in [-0.3, -0.25) is 5.84 Å². The van der Waals surface area contributed by atoms with Crippen molar-refractivity contribution in [2.24, 2.45) is 11.6 Å². The number of nitrogens with two attached hydrogens (primary N) is 2. The van der Waals surface area contributed by atoms with Crippen LogP contribution in [-0.4, -0.2) is 11.1 Å². The first kappa shape index (κ1) is 16.7. The number of aryl methyl sites for hydroxylation is 1. The second-order valence-corrected chi connectivity index (χ2v) is 6.84. The fourth-order valence-electron chi connectivity index (χ4n) is 1.74. The van der Waals surface area contributed by atoms with Crippen molar-refractivity contribution in [3.8, 4) is 10.4 Å². The van der Waals surface area contributed by atoms with E-state index in [0.29, 0.717) is 0 Å². The minimum atomic E-state index is -1.20. The summed E-state index contributed by atoms with van der Waals surface area (Å²) >= 11 is 8.72.